The average Bonchev–Trinajstić information content (AvgIpc) is 3.17. The molecule has 0 aliphatic heterocycles. The van der Waals surface area contributed by atoms with Crippen LogP contribution in [0.3, 0.4) is 0 Å². The highest BCUT2D eigenvalue weighted by Crippen LogP contribution is 2.14. The molecule has 0 fully saturated rings. The molecule has 0 bridgehead atoms. The number of ether oxygens (including phenoxy) is 2. The number of methoxy groups -OCH3 is 1. The molecule has 0 spiro atoms. The van der Waals surface area contributed by atoms with E-state index in [0.29, 0.717) is 19.8 Å². The van der Waals surface area contributed by atoms with Gasteiger partial charge in [-0.2, -0.15) is 0 Å². The summed E-state index contributed by atoms with van der Waals surface area (Å²) < 4.78 is 10.8. The molecule has 0 aliphatic carbocycles. The SMILES string of the molecule is CCNC(=NCc1cccc(OCCCOC)c1)NCCc1cccs1.I. The third kappa shape index (κ3) is 9.97. The van der Waals surface area contributed by atoms with Gasteiger partial charge in [-0.1, -0.05) is 18.2 Å². The van der Waals surface area contributed by atoms with Crippen LogP contribution in [-0.2, 0) is 17.7 Å². The molecule has 27 heavy (non-hydrogen) atoms. The van der Waals surface area contributed by atoms with E-state index in [1.807, 2.05) is 18.2 Å². The monoisotopic (exact) mass is 503 g/mol. The summed E-state index contributed by atoms with van der Waals surface area (Å²) in [4.78, 5) is 6.06. The second kappa shape index (κ2) is 14.7. The zero-order valence-corrected chi connectivity index (χ0v) is 19.2. The Hall–Kier alpha value is -1.32. The Morgan fingerprint density at radius 2 is 2.04 bits per heavy atom. The highest BCUT2D eigenvalue weighted by Gasteiger charge is 2.01. The lowest BCUT2D eigenvalue weighted by atomic mass is 10.2. The number of rotatable bonds is 11. The normalized spacial score (nSPS) is 11.0. The smallest absolute Gasteiger partial charge is 0.191 e. The molecule has 0 radical (unpaired) electrons. The molecule has 5 nitrogen and oxygen atoms in total. The summed E-state index contributed by atoms with van der Waals surface area (Å²) in [6.07, 6.45) is 1.89. The van der Waals surface area contributed by atoms with Crippen molar-refractivity contribution in [3.8, 4) is 5.75 Å². The van der Waals surface area contributed by atoms with Gasteiger partial charge in [-0.3, -0.25) is 0 Å². The molecule has 0 saturated carbocycles. The van der Waals surface area contributed by atoms with Gasteiger partial charge < -0.3 is 20.1 Å². The van der Waals surface area contributed by atoms with Gasteiger partial charge in [0.2, 0.25) is 0 Å². The van der Waals surface area contributed by atoms with E-state index in [9.17, 15) is 0 Å². The first-order valence-corrected chi connectivity index (χ1v) is 9.95. The number of aliphatic imine (C=N–C) groups is 1. The first-order valence-electron chi connectivity index (χ1n) is 9.07. The van der Waals surface area contributed by atoms with Crippen LogP contribution in [0.5, 0.6) is 5.75 Å². The van der Waals surface area contributed by atoms with Crippen molar-refractivity contribution in [2.75, 3.05) is 33.4 Å². The van der Waals surface area contributed by atoms with E-state index in [1.54, 1.807) is 18.4 Å². The van der Waals surface area contributed by atoms with Gasteiger partial charge in [0, 0.05) is 38.1 Å². The summed E-state index contributed by atoms with van der Waals surface area (Å²) in [5, 5.41) is 8.80. The van der Waals surface area contributed by atoms with Crippen LogP contribution in [0.15, 0.2) is 46.8 Å². The van der Waals surface area contributed by atoms with Crippen molar-refractivity contribution >= 4 is 41.3 Å². The van der Waals surface area contributed by atoms with E-state index < -0.39 is 0 Å². The molecule has 1 aromatic carbocycles. The van der Waals surface area contributed by atoms with Crippen molar-refractivity contribution in [2.45, 2.75) is 26.3 Å². The Kier molecular flexibility index (Phi) is 12.9. The molecule has 0 saturated heterocycles. The van der Waals surface area contributed by atoms with Crippen molar-refractivity contribution in [3.63, 3.8) is 0 Å². The Morgan fingerprint density at radius 1 is 1.15 bits per heavy atom. The molecule has 2 aromatic rings. The Morgan fingerprint density at radius 3 is 2.78 bits per heavy atom. The van der Waals surface area contributed by atoms with Crippen molar-refractivity contribution in [2.24, 2.45) is 4.99 Å². The maximum absolute atomic E-state index is 5.75. The van der Waals surface area contributed by atoms with E-state index in [2.05, 4.69) is 46.1 Å². The molecular weight excluding hydrogens is 473 g/mol. The fourth-order valence-electron chi connectivity index (χ4n) is 2.40. The topological polar surface area (TPSA) is 54.9 Å². The van der Waals surface area contributed by atoms with Gasteiger partial charge in [0.05, 0.1) is 13.2 Å². The minimum atomic E-state index is 0. The number of benzene rings is 1. The first kappa shape index (κ1) is 23.7. The summed E-state index contributed by atoms with van der Waals surface area (Å²) in [5.74, 6) is 1.72. The highest BCUT2D eigenvalue weighted by molar-refractivity contribution is 14.0. The molecule has 0 aliphatic rings. The standard InChI is InChI=1S/C20H29N3O2S.HI/c1-3-21-20(22-11-10-19-9-5-14-26-19)23-16-17-7-4-8-18(15-17)25-13-6-12-24-2;/h4-5,7-9,14-15H,3,6,10-13,16H2,1-2H3,(H2,21,22,23);1H. The maximum atomic E-state index is 5.75. The van der Waals surface area contributed by atoms with Gasteiger partial charge in [0.15, 0.2) is 5.96 Å². The number of hydrogen-bond acceptors (Lipinski definition) is 4. The Bertz CT molecular complexity index is 650. The third-order valence-corrected chi connectivity index (χ3v) is 4.60. The highest BCUT2D eigenvalue weighted by atomic mass is 127. The summed E-state index contributed by atoms with van der Waals surface area (Å²) in [6.45, 7) is 5.78. The predicted molar refractivity (Wildman–Crippen MR) is 125 cm³/mol. The lowest BCUT2D eigenvalue weighted by Crippen LogP contribution is -2.38. The van der Waals surface area contributed by atoms with Crippen LogP contribution < -0.4 is 15.4 Å². The first-order chi connectivity index (χ1) is 12.8. The minimum Gasteiger partial charge on any atom is -0.493 e. The van der Waals surface area contributed by atoms with Crippen LogP contribution in [0.2, 0.25) is 0 Å². The zero-order valence-electron chi connectivity index (χ0n) is 16.1. The zero-order chi connectivity index (χ0) is 18.5. The fraction of sp³-hybridized carbons (Fsp3) is 0.450. The largest absolute Gasteiger partial charge is 0.493 e. The lowest BCUT2D eigenvalue weighted by molar-refractivity contribution is 0.172. The maximum Gasteiger partial charge on any atom is 0.191 e. The van der Waals surface area contributed by atoms with Gasteiger partial charge >= 0.3 is 0 Å². The molecule has 0 unspecified atom stereocenters. The van der Waals surface area contributed by atoms with Crippen molar-refractivity contribution in [1.82, 2.24) is 10.6 Å². The number of nitrogens with one attached hydrogen (secondary N) is 2. The molecule has 0 amide bonds. The van der Waals surface area contributed by atoms with E-state index in [1.165, 1.54) is 4.88 Å². The molecule has 150 valence electrons. The molecule has 7 heteroatoms. The van der Waals surface area contributed by atoms with Gasteiger partial charge in [-0.15, -0.1) is 35.3 Å². The van der Waals surface area contributed by atoms with Crippen LogP contribution in [0.1, 0.15) is 23.8 Å². The number of thiophene rings is 1. The summed E-state index contributed by atoms with van der Waals surface area (Å²) in [5.41, 5.74) is 1.13. The molecule has 1 aromatic heterocycles. The van der Waals surface area contributed by atoms with Crippen LogP contribution in [0, 0.1) is 0 Å². The molecule has 0 atom stereocenters. The van der Waals surface area contributed by atoms with Crippen molar-refractivity contribution < 1.29 is 9.47 Å². The second-order valence-electron chi connectivity index (χ2n) is 5.79. The minimum absolute atomic E-state index is 0. The van der Waals surface area contributed by atoms with Crippen LogP contribution >= 0.6 is 35.3 Å². The summed E-state index contributed by atoms with van der Waals surface area (Å²) >= 11 is 1.79. The Balaban J connectivity index is 0.00000364. The Labute approximate surface area is 183 Å². The van der Waals surface area contributed by atoms with Crippen molar-refractivity contribution in [3.05, 3.63) is 52.2 Å². The van der Waals surface area contributed by atoms with Gasteiger partial charge in [-0.25, -0.2) is 4.99 Å². The van der Waals surface area contributed by atoms with E-state index in [-0.39, 0.29) is 24.0 Å². The van der Waals surface area contributed by atoms with Gasteiger partial charge in [-0.05, 0) is 42.5 Å². The third-order valence-electron chi connectivity index (χ3n) is 3.67. The van der Waals surface area contributed by atoms with Gasteiger partial charge in [0.25, 0.3) is 0 Å². The average molecular weight is 503 g/mol. The van der Waals surface area contributed by atoms with Crippen LogP contribution in [0.25, 0.3) is 0 Å². The van der Waals surface area contributed by atoms with Gasteiger partial charge in [0.1, 0.15) is 5.75 Å². The lowest BCUT2D eigenvalue weighted by Gasteiger charge is -2.11. The molecular formula is C20H30IN3O2S. The van der Waals surface area contributed by atoms with Crippen molar-refractivity contribution in [1.29, 1.82) is 0 Å². The summed E-state index contributed by atoms with van der Waals surface area (Å²) in [7, 11) is 1.70. The van der Waals surface area contributed by atoms with Crippen LogP contribution in [0.4, 0.5) is 0 Å². The van der Waals surface area contributed by atoms with Crippen LogP contribution in [-0.4, -0.2) is 39.4 Å². The second-order valence-corrected chi connectivity index (χ2v) is 6.83. The van der Waals surface area contributed by atoms with E-state index in [4.69, 9.17) is 9.47 Å². The number of halogens is 1. The number of nitrogens with zero attached hydrogens (tertiary/aromatic N) is 1. The molecule has 1 heterocycles. The fourth-order valence-corrected chi connectivity index (χ4v) is 3.11. The quantitative estimate of drug-likeness (QED) is 0.210. The number of hydrogen-bond donors (Lipinski definition) is 2. The number of guanidine groups is 1. The predicted octanol–water partition coefficient (Wildman–Crippen LogP) is 4.08. The molecule has 2 rings (SSSR count). The van der Waals surface area contributed by atoms with E-state index in [0.717, 1.165) is 43.2 Å². The molecule has 2 N–H and O–H groups in total. The van der Waals surface area contributed by atoms with E-state index >= 15 is 0 Å². The summed E-state index contributed by atoms with van der Waals surface area (Å²) in [6, 6.07) is 12.3.